The number of hydrogen-bond acceptors (Lipinski definition) is 0. The number of halogens is 1. The average molecular weight is 372 g/mol. The smallest absolute Gasteiger partial charge is 0.0136 e. The fourth-order valence-corrected chi connectivity index (χ4v) is 2.52. The van der Waals surface area contributed by atoms with Crippen LogP contribution in [0.25, 0.3) is 11.1 Å². The molecule has 0 fully saturated rings. The summed E-state index contributed by atoms with van der Waals surface area (Å²) >= 11 is 2.36. The number of hydrogen-bond donors (Lipinski definition) is 0. The van der Waals surface area contributed by atoms with E-state index in [9.17, 15) is 0 Å². The number of rotatable bonds is 5. The SMILES string of the molecule is C=C/C=C\C=C/Cc1ccc(I)cc1-c1ccccc1. The number of benzene rings is 2. The zero-order valence-electron chi connectivity index (χ0n) is 11.3. The lowest BCUT2D eigenvalue weighted by molar-refractivity contribution is 1.27. The van der Waals surface area contributed by atoms with Crippen LogP contribution in [-0.4, -0.2) is 0 Å². The lowest BCUT2D eigenvalue weighted by Gasteiger charge is -2.09. The van der Waals surface area contributed by atoms with Crippen LogP contribution in [0.15, 0.2) is 85.5 Å². The normalized spacial score (nSPS) is 11.2. The molecule has 0 saturated heterocycles. The van der Waals surface area contributed by atoms with E-state index < -0.39 is 0 Å². The maximum Gasteiger partial charge on any atom is 0.0136 e. The van der Waals surface area contributed by atoms with Gasteiger partial charge in [0.25, 0.3) is 0 Å². The molecule has 2 aromatic rings. The van der Waals surface area contributed by atoms with E-state index in [1.807, 2.05) is 12.2 Å². The molecule has 0 spiro atoms. The molecular weight excluding hydrogens is 355 g/mol. The lowest BCUT2D eigenvalue weighted by Crippen LogP contribution is -1.89. The molecule has 0 aliphatic rings. The third-order valence-electron chi connectivity index (χ3n) is 2.99. The molecule has 0 unspecified atom stereocenters. The minimum Gasteiger partial charge on any atom is -0.0991 e. The van der Waals surface area contributed by atoms with Crippen molar-refractivity contribution in [3.63, 3.8) is 0 Å². The van der Waals surface area contributed by atoms with Gasteiger partial charge in [0.1, 0.15) is 0 Å². The van der Waals surface area contributed by atoms with Crippen LogP contribution >= 0.6 is 22.6 Å². The topological polar surface area (TPSA) is 0 Å². The van der Waals surface area contributed by atoms with E-state index in [4.69, 9.17) is 0 Å². The first-order chi connectivity index (χ1) is 9.81. The van der Waals surface area contributed by atoms with Crippen molar-refractivity contribution in [3.8, 4) is 11.1 Å². The molecule has 1 heteroatoms. The van der Waals surface area contributed by atoms with Gasteiger partial charge in [-0.3, -0.25) is 0 Å². The second-order valence-corrected chi connectivity index (χ2v) is 5.67. The van der Waals surface area contributed by atoms with E-state index in [1.54, 1.807) is 6.08 Å². The van der Waals surface area contributed by atoms with Crippen LogP contribution in [0.4, 0.5) is 0 Å². The molecule has 0 aromatic heterocycles. The maximum atomic E-state index is 3.66. The highest BCUT2D eigenvalue weighted by molar-refractivity contribution is 14.1. The zero-order chi connectivity index (χ0) is 14.2. The second kappa shape index (κ2) is 7.85. The molecule has 0 saturated carbocycles. The molecule has 0 nitrogen and oxygen atoms in total. The molecular formula is C19H17I. The average Bonchev–Trinajstić information content (AvgIpc) is 2.49. The molecule has 0 bridgehead atoms. The first kappa shape index (κ1) is 14.8. The van der Waals surface area contributed by atoms with Gasteiger partial charge in [-0.25, -0.2) is 0 Å². The van der Waals surface area contributed by atoms with Crippen molar-refractivity contribution in [2.75, 3.05) is 0 Å². The van der Waals surface area contributed by atoms with Crippen LogP contribution < -0.4 is 0 Å². The third kappa shape index (κ3) is 4.20. The first-order valence-electron chi connectivity index (χ1n) is 6.59. The van der Waals surface area contributed by atoms with Gasteiger partial charge >= 0.3 is 0 Å². The van der Waals surface area contributed by atoms with Gasteiger partial charge in [0, 0.05) is 3.57 Å². The summed E-state index contributed by atoms with van der Waals surface area (Å²) < 4.78 is 1.26. The van der Waals surface area contributed by atoms with Gasteiger partial charge in [-0.1, -0.05) is 73.4 Å². The van der Waals surface area contributed by atoms with Gasteiger partial charge in [0.2, 0.25) is 0 Å². The number of allylic oxidation sites excluding steroid dienone is 5. The lowest BCUT2D eigenvalue weighted by atomic mass is 9.98. The minimum atomic E-state index is 0.933. The van der Waals surface area contributed by atoms with E-state index in [0.717, 1.165) is 6.42 Å². The minimum absolute atomic E-state index is 0.933. The molecule has 0 aliphatic heterocycles. The molecule has 0 amide bonds. The van der Waals surface area contributed by atoms with Crippen LogP contribution in [0.5, 0.6) is 0 Å². The Kier molecular flexibility index (Phi) is 5.81. The molecule has 0 atom stereocenters. The molecule has 20 heavy (non-hydrogen) atoms. The zero-order valence-corrected chi connectivity index (χ0v) is 13.5. The largest absolute Gasteiger partial charge is 0.0991 e. The van der Waals surface area contributed by atoms with E-state index >= 15 is 0 Å². The maximum absolute atomic E-state index is 3.66. The summed E-state index contributed by atoms with van der Waals surface area (Å²) in [5, 5.41) is 0. The van der Waals surface area contributed by atoms with Crippen molar-refractivity contribution >= 4 is 22.6 Å². The fourth-order valence-electron chi connectivity index (χ4n) is 2.03. The summed E-state index contributed by atoms with van der Waals surface area (Å²) in [6.45, 7) is 3.66. The molecule has 0 heterocycles. The van der Waals surface area contributed by atoms with Crippen molar-refractivity contribution < 1.29 is 0 Å². The first-order valence-corrected chi connectivity index (χ1v) is 7.67. The Morgan fingerprint density at radius 3 is 2.50 bits per heavy atom. The predicted octanol–water partition coefficient (Wildman–Crippen LogP) is 5.80. The molecule has 100 valence electrons. The van der Waals surface area contributed by atoms with Crippen molar-refractivity contribution in [1.82, 2.24) is 0 Å². The standard InChI is InChI=1S/C19H17I/c1-2-3-4-5-7-12-17-13-14-18(20)15-19(17)16-10-8-6-9-11-16/h2-11,13-15H,1,12H2/b4-3-,7-5-. The molecule has 0 aliphatic carbocycles. The Hall–Kier alpha value is -1.61. The third-order valence-corrected chi connectivity index (χ3v) is 3.66. The van der Waals surface area contributed by atoms with Crippen LogP contribution in [0, 0.1) is 3.57 Å². The summed E-state index contributed by atoms with van der Waals surface area (Å²) in [4.78, 5) is 0. The van der Waals surface area contributed by atoms with Crippen molar-refractivity contribution in [2.45, 2.75) is 6.42 Å². The van der Waals surface area contributed by atoms with Gasteiger partial charge in [-0.2, -0.15) is 0 Å². The van der Waals surface area contributed by atoms with E-state index in [0.29, 0.717) is 0 Å². The Labute approximate surface area is 134 Å². The molecule has 2 rings (SSSR count). The summed E-state index contributed by atoms with van der Waals surface area (Å²) in [5.74, 6) is 0. The van der Waals surface area contributed by atoms with Gasteiger partial charge in [-0.05, 0) is 57.8 Å². The van der Waals surface area contributed by atoms with E-state index in [1.165, 1.54) is 20.3 Å². The Bertz CT molecular complexity index is 621. The summed E-state index contributed by atoms with van der Waals surface area (Å²) in [6.07, 6.45) is 10.9. The van der Waals surface area contributed by atoms with Crippen molar-refractivity contribution in [2.24, 2.45) is 0 Å². The second-order valence-electron chi connectivity index (χ2n) is 4.42. The Morgan fingerprint density at radius 2 is 1.75 bits per heavy atom. The quantitative estimate of drug-likeness (QED) is 0.460. The fraction of sp³-hybridized carbons (Fsp3) is 0.0526. The van der Waals surface area contributed by atoms with Gasteiger partial charge in [0.05, 0.1) is 0 Å². The van der Waals surface area contributed by atoms with E-state index in [2.05, 4.69) is 89.9 Å². The highest BCUT2D eigenvalue weighted by atomic mass is 127. The highest BCUT2D eigenvalue weighted by Crippen LogP contribution is 2.26. The van der Waals surface area contributed by atoms with Gasteiger partial charge < -0.3 is 0 Å². The summed E-state index contributed by atoms with van der Waals surface area (Å²) in [5.41, 5.74) is 3.94. The van der Waals surface area contributed by atoms with Crippen molar-refractivity contribution in [3.05, 3.63) is 94.6 Å². The predicted molar refractivity (Wildman–Crippen MR) is 96.8 cm³/mol. The van der Waals surface area contributed by atoms with Gasteiger partial charge in [-0.15, -0.1) is 0 Å². The molecule has 0 radical (unpaired) electrons. The monoisotopic (exact) mass is 372 g/mol. The molecule has 2 aromatic carbocycles. The summed E-state index contributed by atoms with van der Waals surface area (Å²) in [7, 11) is 0. The molecule has 0 N–H and O–H groups in total. The van der Waals surface area contributed by atoms with Gasteiger partial charge in [0.15, 0.2) is 0 Å². The Balaban J connectivity index is 2.27. The van der Waals surface area contributed by atoms with Crippen LogP contribution in [-0.2, 0) is 6.42 Å². The van der Waals surface area contributed by atoms with Crippen LogP contribution in [0.1, 0.15) is 5.56 Å². The van der Waals surface area contributed by atoms with Crippen LogP contribution in [0.3, 0.4) is 0 Å². The van der Waals surface area contributed by atoms with E-state index in [-0.39, 0.29) is 0 Å². The van der Waals surface area contributed by atoms with Crippen molar-refractivity contribution in [1.29, 1.82) is 0 Å². The van der Waals surface area contributed by atoms with Crippen LogP contribution in [0.2, 0.25) is 0 Å². The highest BCUT2D eigenvalue weighted by Gasteiger charge is 2.04. The summed E-state index contributed by atoms with van der Waals surface area (Å²) in [6, 6.07) is 17.2. The Morgan fingerprint density at radius 1 is 0.950 bits per heavy atom.